The van der Waals surface area contributed by atoms with Gasteiger partial charge in [0.15, 0.2) is 0 Å². The fourth-order valence-electron chi connectivity index (χ4n) is 3.13. The number of amides is 3. The molecule has 1 aliphatic heterocycles. The number of benzene rings is 2. The number of nitrogens with zero attached hydrogens (tertiary/aromatic N) is 1. The minimum absolute atomic E-state index is 0.0208. The molecule has 0 aromatic heterocycles. The Morgan fingerprint density at radius 2 is 1.76 bits per heavy atom. The van der Waals surface area contributed by atoms with Gasteiger partial charge in [0.25, 0.3) is 0 Å². The van der Waals surface area contributed by atoms with Crippen LogP contribution in [0.4, 0.5) is 14.5 Å². The highest BCUT2D eigenvalue weighted by Gasteiger charge is 2.28. The summed E-state index contributed by atoms with van der Waals surface area (Å²) in [6, 6.07) is 13.7. The molecule has 29 heavy (non-hydrogen) atoms. The van der Waals surface area contributed by atoms with Crippen LogP contribution >= 0.6 is 0 Å². The van der Waals surface area contributed by atoms with Crippen LogP contribution in [0.3, 0.4) is 0 Å². The second-order valence-corrected chi connectivity index (χ2v) is 6.60. The summed E-state index contributed by atoms with van der Waals surface area (Å²) in [5, 5.41) is 2.67. The van der Waals surface area contributed by atoms with Crippen LogP contribution in [0.2, 0.25) is 0 Å². The lowest BCUT2D eigenvalue weighted by Gasteiger charge is -2.15. The zero-order valence-corrected chi connectivity index (χ0v) is 15.6. The summed E-state index contributed by atoms with van der Waals surface area (Å²) in [6.45, 7) is -2.94. The van der Waals surface area contributed by atoms with E-state index in [-0.39, 0.29) is 49.3 Å². The van der Waals surface area contributed by atoms with Crippen molar-refractivity contribution >= 4 is 23.4 Å². The van der Waals surface area contributed by atoms with Crippen LogP contribution in [0.15, 0.2) is 48.5 Å². The molecule has 1 heterocycles. The van der Waals surface area contributed by atoms with Crippen LogP contribution in [0.1, 0.15) is 30.4 Å². The second-order valence-electron chi connectivity index (χ2n) is 6.60. The molecule has 2 aromatic carbocycles. The van der Waals surface area contributed by atoms with Crippen LogP contribution < -0.4 is 10.1 Å². The molecule has 1 saturated heterocycles. The zero-order chi connectivity index (χ0) is 20.8. The number of carbonyl (C=O) groups is 3. The molecular weight excluding hydrogens is 382 g/mol. The highest BCUT2D eigenvalue weighted by atomic mass is 19.3. The molecule has 152 valence electrons. The summed E-state index contributed by atoms with van der Waals surface area (Å²) in [4.78, 5) is 36.5. The Morgan fingerprint density at radius 1 is 1.07 bits per heavy atom. The molecule has 3 rings (SSSR count). The zero-order valence-electron chi connectivity index (χ0n) is 15.6. The highest BCUT2D eigenvalue weighted by Crippen LogP contribution is 2.27. The lowest BCUT2D eigenvalue weighted by atomic mass is 10.0. The van der Waals surface area contributed by atoms with Gasteiger partial charge in [0, 0.05) is 43.5 Å². The van der Waals surface area contributed by atoms with Crippen molar-refractivity contribution in [2.75, 3.05) is 11.9 Å². The fraction of sp³-hybridized carbons (Fsp3) is 0.286. The maximum Gasteiger partial charge on any atom is 0.387 e. The van der Waals surface area contributed by atoms with E-state index in [1.165, 1.54) is 12.1 Å². The molecule has 1 fully saturated rings. The molecule has 1 aliphatic rings. The summed E-state index contributed by atoms with van der Waals surface area (Å²) in [5.74, 6) is -0.899. The highest BCUT2D eigenvalue weighted by molar-refractivity contribution is 6.02. The van der Waals surface area contributed by atoms with Crippen LogP contribution in [0.25, 0.3) is 0 Å². The Bertz CT molecular complexity index is 887. The van der Waals surface area contributed by atoms with Gasteiger partial charge in [-0.25, -0.2) is 0 Å². The van der Waals surface area contributed by atoms with Gasteiger partial charge in [-0.05, 0) is 23.8 Å². The fourth-order valence-corrected chi connectivity index (χ4v) is 3.13. The van der Waals surface area contributed by atoms with Gasteiger partial charge in [-0.1, -0.05) is 30.3 Å². The quantitative estimate of drug-likeness (QED) is 0.687. The number of hydrogen-bond donors (Lipinski definition) is 1. The number of carbonyl (C=O) groups excluding carboxylic acids is 3. The predicted octanol–water partition coefficient (Wildman–Crippen LogP) is 3.36. The van der Waals surface area contributed by atoms with Crippen LogP contribution in [-0.2, 0) is 20.8 Å². The van der Waals surface area contributed by atoms with E-state index in [0.717, 1.165) is 10.5 Å². The first-order valence-electron chi connectivity index (χ1n) is 9.17. The van der Waals surface area contributed by atoms with Gasteiger partial charge in [-0.15, -0.1) is 0 Å². The molecule has 8 heteroatoms. The van der Waals surface area contributed by atoms with E-state index in [4.69, 9.17) is 0 Å². The topological polar surface area (TPSA) is 75.7 Å². The first kappa shape index (κ1) is 20.4. The van der Waals surface area contributed by atoms with Crippen molar-refractivity contribution in [3.63, 3.8) is 0 Å². The third kappa shape index (κ3) is 5.60. The standard InChI is InChI=1S/C21H20F2N2O4/c22-21(23)29-17-7-6-16(13-15(17)12-14-4-2-1-3-5-14)24-18(26)10-11-25-19(27)8-9-20(25)28/h1-7,13,21H,8-12H2,(H,24,26). The average molecular weight is 402 g/mol. The Hall–Kier alpha value is -3.29. The number of anilines is 1. The molecule has 2 aromatic rings. The van der Waals surface area contributed by atoms with Gasteiger partial charge >= 0.3 is 6.61 Å². The predicted molar refractivity (Wildman–Crippen MR) is 102 cm³/mol. The van der Waals surface area contributed by atoms with Gasteiger partial charge < -0.3 is 10.1 Å². The largest absolute Gasteiger partial charge is 0.435 e. The summed E-state index contributed by atoms with van der Waals surface area (Å²) < 4.78 is 30.0. The maximum atomic E-state index is 12.7. The Balaban J connectivity index is 1.68. The number of halogens is 2. The van der Waals surface area contributed by atoms with Crippen LogP contribution in [0, 0.1) is 0 Å². The van der Waals surface area contributed by atoms with Crippen molar-refractivity contribution in [1.82, 2.24) is 4.90 Å². The molecule has 3 amide bonds. The second kappa shape index (κ2) is 9.27. The van der Waals surface area contributed by atoms with Crippen LogP contribution in [0.5, 0.6) is 5.75 Å². The first-order chi connectivity index (χ1) is 13.9. The monoisotopic (exact) mass is 402 g/mol. The van der Waals surface area contributed by atoms with Crippen molar-refractivity contribution in [2.45, 2.75) is 32.3 Å². The normalized spacial score (nSPS) is 13.8. The molecule has 0 radical (unpaired) electrons. The molecule has 0 spiro atoms. The Morgan fingerprint density at radius 3 is 2.41 bits per heavy atom. The molecule has 0 saturated carbocycles. The minimum Gasteiger partial charge on any atom is -0.435 e. The van der Waals surface area contributed by atoms with Gasteiger partial charge in [0.05, 0.1) is 0 Å². The number of rotatable bonds is 8. The van der Waals surface area contributed by atoms with Crippen LogP contribution in [-0.4, -0.2) is 35.8 Å². The number of ether oxygens (including phenoxy) is 1. The number of likely N-dealkylation sites (tertiary alicyclic amines) is 1. The minimum atomic E-state index is -2.96. The molecule has 1 N–H and O–H groups in total. The van der Waals surface area contributed by atoms with Gasteiger partial charge in [0.2, 0.25) is 17.7 Å². The number of imide groups is 1. The number of hydrogen-bond acceptors (Lipinski definition) is 4. The van der Waals surface area contributed by atoms with E-state index in [0.29, 0.717) is 17.7 Å². The Kier molecular flexibility index (Phi) is 6.54. The molecule has 0 aliphatic carbocycles. The number of nitrogens with one attached hydrogen (secondary N) is 1. The first-order valence-corrected chi connectivity index (χ1v) is 9.17. The smallest absolute Gasteiger partial charge is 0.387 e. The van der Waals surface area contributed by atoms with E-state index in [1.54, 1.807) is 6.07 Å². The summed E-state index contributed by atoms with van der Waals surface area (Å²) in [6.07, 6.45) is 0.661. The summed E-state index contributed by atoms with van der Waals surface area (Å²) in [7, 11) is 0. The SMILES string of the molecule is O=C(CCN1C(=O)CCC1=O)Nc1ccc(OC(F)F)c(Cc2ccccc2)c1. The third-order valence-corrected chi connectivity index (χ3v) is 4.52. The maximum absolute atomic E-state index is 12.7. The Labute approximate surface area is 166 Å². The van der Waals surface area contributed by atoms with E-state index < -0.39 is 6.61 Å². The lowest BCUT2D eigenvalue weighted by Crippen LogP contribution is -2.32. The van der Waals surface area contributed by atoms with Crippen molar-refractivity contribution in [3.05, 3.63) is 59.7 Å². The van der Waals surface area contributed by atoms with Gasteiger partial charge in [-0.3, -0.25) is 19.3 Å². The average Bonchev–Trinajstić information content (AvgIpc) is 3.00. The van der Waals surface area contributed by atoms with E-state index in [1.807, 2.05) is 30.3 Å². The van der Waals surface area contributed by atoms with Crippen molar-refractivity contribution in [3.8, 4) is 5.75 Å². The van der Waals surface area contributed by atoms with E-state index in [9.17, 15) is 23.2 Å². The molecular formula is C21H20F2N2O4. The summed E-state index contributed by atoms with van der Waals surface area (Å²) in [5.41, 5.74) is 1.82. The van der Waals surface area contributed by atoms with Crippen molar-refractivity contribution in [2.24, 2.45) is 0 Å². The van der Waals surface area contributed by atoms with Crippen molar-refractivity contribution in [1.29, 1.82) is 0 Å². The molecule has 0 unspecified atom stereocenters. The molecule has 0 bridgehead atoms. The summed E-state index contributed by atoms with van der Waals surface area (Å²) >= 11 is 0. The van der Waals surface area contributed by atoms with E-state index in [2.05, 4.69) is 10.1 Å². The molecule has 6 nitrogen and oxygen atoms in total. The number of alkyl halides is 2. The van der Waals surface area contributed by atoms with Gasteiger partial charge in [0.1, 0.15) is 5.75 Å². The lowest BCUT2D eigenvalue weighted by molar-refractivity contribution is -0.138. The van der Waals surface area contributed by atoms with Gasteiger partial charge in [-0.2, -0.15) is 8.78 Å². The van der Waals surface area contributed by atoms with E-state index >= 15 is 0 Å². The third-order valence-electron chi connectivity index (χ3n) is 4.52. The van der Waals surface area contributed by atoms with Crippen molar-refractivity contribution < 1.29 is 27.9 Å². The molecule has 0 atom stereocenters.